The van der Waals surface area contributed by atoms with E-state index in [1.54, 1.807) is 13.8 Å². The van der Waals surface area contributed by atoms with Gasteiger partial charge >= 0.3 is 0 Å². The molecule has 0 bridgehead atoms. The molecule has 0 radical (unpaired) electrons. The highest BCUT2D eigenvalue weighted by Crippen LogP contribution is 1.91. The summed E-state index contributed by atoms with van der Waals surface area (Å²) in [7, 11) is -3.27. The molecule has 1 unspecified atom stereocenters. The zero-order chi connectivity index (χ0) is 8.36. The van der Waals surface area contributed by atoms with Crippen LogP contribution in [0, 0.1) is 0 Å². The quantitative estimate of drug-likeness (QED) is 0.600. The van der Waals surface area contributed by atoms with Crippen LogP contribution < -0.4 is 10.5 Å². The van der Waals surface area contributed by atoms with Crippen molar-refractivity contribution in [2.75, 3.05) is 0 Å². The number of hydrogen-bond donors (Lipinski definition) is 2. The summed E-state index contributed by atoms with van der Waals surface area (Å²) in [5.41, 5.74) is 5.17. The maximum absolute atomic E-state index is 10.9. The molecule has 5 heteroatoms. The van der Waals surface area contributed by atoms with Gasteiger partial charge in [-0.15, -0.1) is 0 Å². The summed E-state index contributed by atoms with van der Waals surface area (Å²) in [6.45, 7) is 4.94. The average Bonchev–Trinajstić information content (AvgIpc) is 1.60. The van der Waals surface area contributed by atoms with Crippen molar-refractivity contribution in [3.8, 4) is 0 Å². The summed E-state index contributed by atoms with van der Waals surface area (Å²) in [4.78, 5) is 0. The lowest BCUT2D eigenvalue weighted by Crippen LogP contribution is -2.41. The third kappa shape index (κ3) is 3.14. The average molecular weight is 166 g/mol. The summed E-state index contributed by atoms with van der Waals surface area (Å²) in [5, 5.41) is -0.838. The molecule has 0 aliphatic carbocycles. The van der Waals surface area contributed by atoms with Crippen molar-refractivity contribution in [3.63, 3.8) is 0 Å². The Morgan fingerprint density at radius 1 is 1.30 bits per heavy atom. The first-order valence-electron chi connectivity index (χ1n) is 3.13. The smallest absolute Gasteiger partial charge is 0.227 e. The van der Waals surface area contributed by atoms with Gasteiger partial charge in [-0.2, -0.15) is 0 Å². The van der Waals surface area contributed by atoms with Crippen LogP contribution in [0.15, 0.2) is 0 Å². The SMILES string of the molecule is CC(C)NS(=O)(=O)C(C)N. The van der Waals surface area contributed by atoms with Crippen molar-refractivity contribution < 1.29 is 8.42 Å². The first-order valence-corrected chi connectivity index (χ1v) is 4.67. The summed E-state index contributed by atoms with van der Waals surface area (Å²) in [6, 6.07) is -0.0870. The normalized spacial score (nSPS) is 15.7. The molecule has 0 aromatic carbocycles. The molecule has 3 N–H and O–H groups in total. The van der Waals surface area contributed by atoms with Crippen molar-refractivity contribution >= 4 is 10.0 Å². The first-order chi connectivity index (χ1) is 4.36. The standard InChI is InChI=1S/C5H14N2O2S/c1-4(2)7-10(8,9)5(3)6/h4-5,7H,6H2,1-3H3. The van der Waals surface area contributed by atoms with Crippen molar-refractivity contribution in [1.29, 1.82) is 0 Å². The van der Waals surface area contributed by atoms with E-state index in [1.807, 2.05) is 0 Å². The Bertz CT molecular complexity index is 184. The van der Waals surface area contributed by atoms with Gasteiger partial charge in [-0.1, -0.05) is 0 Å². The van der Waals surface area contributed by atoms with E-state index in [4.69, 9.17) is 5.73 Å². The van der Waals surface area contributed by atoms with E-state index >= 15 is 0 Å². The molecular formula is C5H14N2O2S. The van der Waals surface area contributed by atoms with Crippen molar-refractivity contribution in [3.05, 3.63) is 0 Å². The molecule has 10 heavy (non-hydrogen) atoms. The fraction of sp³-hybridized carbons (Fsp3) is 1.00. The minimum Gasteiger partial charge on any atom is -0.314 e. The molecule has 0 heterocycles. The lowest BCUT2D eigenvalue weighted by atomic mass is 10.4. The van der Waals surface area contributed by atoms with Crippen LogP contribution in [0.5, 0.6) is 0 Å². The van der Waals surface area contributed by atoms with Gasteiger partial charge < -0.3 is 5.73 Å². The van der Waals surface area contributed by atoms with Gasteiger partial charge in [-0.05, 0) is 20.8 Å². The highest BCUT2D eigenvalue weighted by Gasteiger charge is 2.16. The Kier molecular flexibility index (Phi) is 3.27. The Morgan fingerprint density at radius 3 is 1.80 bits per heavy atom. The Labute approximate surface area is 61.8 Å². The summed E-state index contributed by atoms with van der Waals surface area (Å²) >= 11 is 0. The Balaban J connectivity index is 4.16. The number of sulfonamides is 1. The van der Waals surface area contributed by atoms with Gasteiger partial charge in [0.1, 0.15) is 5.37 Å². The predicted octanol–water partition coefficient (Wildman–Crippen LogP) is -0.381. The number of nitrogens with two attached hydrogens (primary N) is 1. The van der Waals surface area contributed by atoms with Crippen molar-refractivity contribution in [2.45, 2.75) is 32.2 Å². The molecule has 0 saturated carbocycles. The molecule has 0 aromatic heterocycles. The second-order valence-electron chi connectivity index (χ2n) is 2.52. The van der Waals surface area contributed by atoms with Gasteiger partial charge in [-0.3, -0.25) is 0 Å². The van der Waals surface area contributed by atoms with Gasteiger partial charge in [-0.25, -0.2) is 13.1 Å². The molecule has 1 atom stereocenters. The first kappa shape index (κ1) is 9.87. The van der Waals surface area contributed by atoms with E-state index in [1.165, 1.54) is 6.92 Å². The van der Waals surface area contributed by atoms with Crippen LogP contribution in [0.4, 0.5) is 0 Å². The molecule has 0 rings (SSSR count). The zero-order valence-corrected chi connectivity index (χ0v) is 7.27. The summed E-state index contributed by atoms with van der Waals surface area (Å²) < 4.78 is 24.2. The molecule has 0 aliphatic rings. The maximum atomic E-state index is 10.9. The lowest BCUT2D eigenvalue weighted by Gasteiger charge is -2.11. The summed E-state index contributed by atoms with van der Waals surface area (Å²) in [6.07, 6.45) is 0. The second kappa shape index (κ2) is 3.32. The topological polar surface area (TPSA) is 72.2 Å². The Hall–Kier alpha value is -0.130. The van der Waals surface area contributed by atoms with E-state index in [2.05, 4.69) is 4.72 Å². The fourth-order valence-corrected chi connectivity index (χ4v) is 1.31. The Morgan fingerprint density at radius 2 is 1.70 bits per heavy atom. The van der Waals surface area contributed by atoms with Gasteiger partial charge in [0.25, 0.3) is 0 Å². The van der Waals surface area contributed by atoms with E-state index < -0.39 is 15.4 Å². The molecular weight excluding hydrogens is 152 g/mol. The van der Waals surface area contributed by atoms with Crippen LogP contribution in [0.3, 0.4) is 0 Å². The van der Waals surface area contributed by atoms with E-state index in [-0.39, 0.29) is 6.04 Å². The maximum Gasteiger partial charge on any atom is 0.227 e. The van der Waals surface area contributed by atoms with Crippen molar-refractivity contribution in [2.24, 2.45) is 5.73 Å². The molecule has 4 nitrogen and oxygen atoms in total. The second-order valence-corrected chi connectivity index (χ2v) is 4.59. The lowest BCUT2D eigenvalue weighted by molar-refractivity contribution is 0.558. The number of hydrogen-bond acceptors (Lipinski definition) is 3. The van der Waals surface area contributed by atoms with Crippen LogP contribution in [-0.4, -0.2) is 19.8 Å². The molecule has 0 spiro atoms. The molecule has 0 amide bonds. The van der Waals surface area contributed by atoms with Crippen LogP contribution in [0.1, 0.15) is 20.8 Å². The van der Waals surface area contributed by atoms with Crippen LogP contribution in [0.25, 0.3) is 0 Å². The monoisotopic (exact) mass is 166 g/mol. The van der Waals surface area contributed by atoms with E-state index in [0.717, 1.165) is 0 Å². The molecule has 0 aromatic rings. The van der Waals surface area contributed by atoms with E-state index in [0.29, 0.717) is 0 Å². The van der Waals surface area contributed by atoms with Gasteiger partial charge in [0.05, 0.1) is 0 Å². The number of nitrogens with one attached hydrogen (secondary N) is 1. The zero-order valence-electron chi connectivity index (χ0n) is 6.46. The van der Waals surface area contributed by atoms with E-state index in [9.17, 15) is 8.42 Å². The molecule has 62 valence electrons. The molecule has 0 fully saturated rings. The van der Waals surface area contributed by atoms with Gasteiger partial charge in [0.2, 0.25) is 10.0 Å². The van der Waals surface area contributed by atoms with Crippen molar-refractivity contribution in [1.82, 2.24) is 4.72 Å². The minimum atomic E-state index is -3.27. The van der Waals surface area contributed by atoms with Crippen LogP contribution in [0.2, 0.25) is 0 Å². The molecule has 0 saturated heterocycles. The third-order valence-corrected chi connectivity index (χ3v) is 2.67. The van der Waals surface area contributed by atoms with Gasteiger partial charge in [0.15, 0.2) is 0 Å². The highest BCUT2D eigenvalue weighted by atomic mass is 32.2. The highest BCUT2D eigenvalue weighted by molar-refractivity contribution is 7.90. The minimum absolute atomic E-state index is 0.0870. The predicted molar refractivity (Wildman–Crippen MR) is 40.8 cm³/mol. The van der Waals surface area contributed by atoms with Crippen LogP contribution in [-0.2, 0) is 10.0 Å². The largest absolute Gasteiger partial charge is 0.314 e. The third-order valence-electron chi connectivity index (χ3n) is 0.889. The number of rotatable bonds is 3. The van der Waals surface area contributed by atoms with Gasteiger partial charge in [0, 0.05) is 6.04 Å². The van der Waals surface area contributed by atoms with Crippen LogP contribution >= 0.6 is 0 Å². The fourth-order valence-electron chi connectivity index (χ4n) is 0.436. The summed E-state index contributed by atoms with van der Waals surface area (Å²) in [5.74, 6) is 0. The molecule has 0 aliphatic heterocycles.